The van der Waals surface area contributed by atoms with E-state index in [-0.39, 0.29) is 0 Å². The first-order chi connectivity index (χ1) is 8.40. The van der Waals surface area contributed by atoms with E-state index in [0.29, 0.717) is 6.04 Å². The summed E-state index contributed by atoms with van der Waals surface area (Å²) in [6, 6.07) is 0.707. The molecule has 2 heterocycles. The fourth-order valence-corrected chi connectivity index (χ4v) is 2.47. The van der Waals surface area contributed by atoms with E-state index in [1.54, 1.807) is 12.4 Å². The third kappa shape index (κ3) is 3.75. The van der Waals surface area contributed by atoms with E-state index in [9.17, 15) is 0 Å². The molecule has 0 aromatic carbocycles. The van der Waals surface area contributed by atoms with Gasteiger partial charge in [0.25, 0.3) is 0 Å². The molecular formula is C13H22N4. The Bertz CT molecular complexity index is 308. The molecule has 0 amide bonds. The Morgan fingerprint density at radius 2 is 2.18 bits per heavy atom. The summed E-state index contributed by atoms with van der Waals surface area (Å²) in [5.74, 6) is 0. The first-order valence-electron chi connectivity index (χ1n) is 6.60. The lowest BCUT2D eigenvalue weighted by atomic mass is 10.0. The molecule has 0 aliphatic carbocycles. The van der Waals surface area contributed by atoms with Crippen molar-refractivity contribution in [3.63, 3.8) is 0 Å². The molecule has 1 aliphatic rings. The van der Waals surface area contributed by atoms with Crippen molar-refractivity contribution in [1.82, 2.24) is 20.2 Å². The molecule has 1 aromatic rings. The molecule has 1 aromatic heterocycles. The van der Waals surface area contributed by atoms with Crippen LogP contribution in [0.4, 0.5) is 0 Å². The number of nitrogens with zero attached hydrogens (tertiary/aromatic N) is 3. The highest BCUT2D eigenvalue weighted by Gasteiger charge is 2.20. The van der Waals surface area contributed by atoms with Gasteiger partial charge >= 0.3 is 0 Å². The molecule has 17 heavy (non-hydrogen) atoms. The molecule has 1 fully saturated rings. The zero-order valence-electron chi connectivity index (χ0n) is 10.6. The minimum atomic E-state index is 0.707. The zero-order valence-corrected chi connectivity index (χ0v) is 10.6. The quantitative estimate of drug-likeness (QED) is 0.837. The third-order valence-corrected chi connectivity index (χ3v) is 3.32. The average Bonchev–Trinajstić information content (AvgIpc) is 2.40. The van der Waals surface area contributed by atoms with E-state index in [4.69, 9.17) is 0 Å². The van der Waals surface area contributed by atoms with Crippen LogP contribution in [0.5, 0.6) is 0 Å². The van der Waals surface area contributed by atoms with Gasteiger partial charge in [0, 0.05) is 31.2 Å². The molecule has 2 rings (SSSR count). The van der Waals surface area contributed by atoms with Crippen molar-refractivity contribution in [3.05, 3.63) is 24.3 Å². The van der Waals surface area contributed by atoms with Crippen LogP contribution in [0.3, 0.4) is 0 Å². The van der Waals surface area contributed by atoms with Gasteiger partial charge in [0.2, 0.25) is 0 Å². The molecule has 0 bridgehead atoms. The van der Waals surface area contributed by atoms with Crippen LogP contribution >= 0.6 is 0 Å². The summed E-state index contributed by atoms with van der Waals surface area (Å²) in [5.41, 5.74) is 1.08. The van der Waals surface area contributed by atoms with E-state index < -0.39 is 0 Å². The van der Waals surface area contributed by atoms with Crippen molar-refractivity contribution in [2.45, 2.75) is 38.8 Å². The van der Waals surface area contributed by atoms with Crippen LogP contribution < -0.4 is 5.32 Å². The van der Waals surface area contributed by atoms with Gasteiger partial charge in [-0.15, -0.1) is 0 Å². The van der Waals surface area contributed by atoms with Gasteiger partial charge in [0.1, 0.15) is 0 Å². The minimum Gasteiger partial charge on any atom is -0.317 e. The Kier molecular flexibility index (Phi) is 4.88. The Labute approximate surface area is 103 Å². The summed E-state index contributed by atoms with van der Waals surface area (Å²) in [7, 11) is 0. The molecule has 0 unspecified atom stereocenters. The molecular weight excluding hydrogens is 212 g/mol. The van der Waals surface area contributed by atoms with Gasteiger partial charge in [-0.3, -0.25) is 14.9 Å². The number of rotatable bonds is 5. The van der Waals surface area contributed by atoms with Crippen molar-refractivity contribution in [1.29, 1.82) is 0 Å². The molecule has 94 valence electrons. The Morgan fingerprint density at radius 3 is 2.82 bits per heavy atom. The first kappa shape index (κ1) is 12.5. The van der Waals surface area contributed by atoms with E-state index in [2.05, 4.69) is 27.1 Å². The second-order valence-electron chi connectivity index (χ2n) is 4.65. The topological polar surface area (TPSA) is 41.1 Å². The van der Waals surface area contributed by atoms with Crippen LogP contribution in [0.15, 0.2) is 18.6 Å². The fraction of sp³-hybridized carbons (Fsp3) is 0.692. The smallest absolute Gasteiger partial charge is 0.0726 e. The molecule has 1 saturated heterocycles. The van der Waals surface area contributed by atoms with Crippen LogP contribution in [0.25, 0.3) is 0 Å². The SMILES string of the molecule is CCCN(Cc1cnccn1)C1CCNCC1. The first-order valence-corrected chi connectivity index (χ1v) is 6.60. The maximum atomic E-state index is 4.38. The van der Waals surface area contributed by atoms with Gasteiger partial charge in [-0.25, -0.2) is 0 Å². The molecule has 0 radical (unpaired) electrons. The summed E-state index contributed by atoms with van der Waals surface area (Å²) in [5, 5.41) is 3.42. The minimum absolute atomic E-state index is 0.707. The maximum absolute atomic E-state index is 4.38. The lowest BCUT2D eigenvalue weighted by molar-refractivity contribution is 0.152. The summed E-state index contributed by atoms with van der Waals surface area (Å²) in [6.07, 6.45) is 9.09. The van der Waals surface area contributed by atoms with E-state index in [1.165, 1.54) is 19.3 Å². The number of aromatic nitrogens is 2. The second kappa shape index (κ2) is 6.67. The highest BCUT2D eigenvalue weighted by atomic mass is 15.2. The molecule has 0 saturated carbocycles. The van der Waals surface area contributed by atoms with Crippen LogP contribution in [-0.2, 0) is 6.54 Å². The molecule has 0 spiro atoms. The highest BCUT2D eigenvalue weighted by Crippen LogP contribution is 2.14. The van der Waals surface area contributed by atoms with Gasteiger partial charge in [0.05, 0.1) is 5.69 Å². The number of nitrogens with one attached hydrogen (secondary N) is 1. The van der Waals surface area contributed by atoms with Crippen LogP contribution in [0, 0.1) is 0 Å². The van der Waals surface area contributed by atoms with Crippen LogP contribution in [-0.4, -0.2) is 40.5 Å². The summed E-state index contributed by atoms with van der Waals surface area (Å²) in [6.45, 7) is 6.62. The van der Waals surface area contributed by atoms with Gasteiger partial charge in [-0.05, 0) is 38.9 Å². The number of hydrogen-bond acceptors (Lipinski definition) is 4. The normalized spacial score (nSPS) is 17.5. The van der Waals surface area contributed by atoms with Gasteiger partial charge in [-0.1, -0.05) is 6.92 Å². The van der Waals surface area contributed by atoms with Crippen molar-refractivity contribution in [2.75, 3.05) is 19.6 Å². The molecule has 1 aliphatic heterocycles. The van der Waals surface area contributed by atoms with E-state index in [1.807, 2.05) is 6.20 Å². The third-order valence-electron chi connectivity index (χ3n) is 3.32. The number of hydrogen-bond donors (Lipinski definition) is 1. The maximum Gasteiger partial charge on any atom is 0.0726 e. The van der Waals surface area contributed by atoms with Gasteiger partial charge in [0.15, 0.2) is 0 Å². The summed E-state index contributed by atoms with van der Waals surface area (Å²) < 4.78 is 0. The monoisotopic (exact) mass is 234 g/mol. The Hall–Kier alpha value is -1.00. The summed E-state index contributed by atoms with van der Waals surface area (Å²) >= 11 is 0. The van der Waals surface area contributed by atoms with Crippen molar-refractivity contribution < 1.29 is 0 Å². The largest absolute Gasteiger partial charge is 0.317 e. The Morgan fingerprint density at radius 1 is 1.35 bits per heavy atom. The lowest BCUT2D eigenvalue weighted by Gasteiger charge is -2.34. The summed E-state index contributed by atoms with van der Waals surface area (Å²) in [4.78, 5) is 11.1. The van der Waals surface area contributed by atoms with Gasteiger partial charge in [-0.2, -0.15) is 0 Å². The predicted molar refractivity (Wildman–Crippen MR) is 68.6 cm³/mol. The fourth-order valence-electron chi connectivity index (χ4n) is 2.47. The van der Waals surface area contributed by atoms with E-state index in [0.717, 1.165) is 31.9 Å². The average molecular weight is 234 g/mol. The van der Waals surface area contributed by atoms with Crippen LogP contribution in [0.2, 0.25) is 0 Å². The highest BCUT2D eigenvalue weighted by molar-refractivity contribution is 4.95. The van der Waals surface area contributed by atoms with E-state index >= 15 is 0 Å². The molecule has 4 nitrogen and oxygen atoms in total. The molecule has 4 heteroatoms. The second-order valence-corrected chi connectivity index (χ2v) is 4.65. The van der Waals surface area contributed by atoms with Gasteiger partial charge < -0.3 is 5.32 Å². The molecule has 1 N–H and O–H groups in total. The van der Waals surface area contributed by atoms with Crippen LogP contribution in [0.1, 0.15) is 31.9 Å². The van der Waals surface area contributed by atoms with Crippen molar-refractivity contribution in [2.24, 2.45) is 0 Å². The Balaban J connectivity index is 1.96. The number of piperidine rings is 1. The van der Waals surface area contributed by atoms with Crippen molar-refractivity contribution in [3.8, 4) is 0 Å². The molecule has 0 atom stereocenters. The standard InChI is InChI=1S/C13H22N4/c1-2-9-17(13-3-5-14-6-4-13)11-12-10-15-7-8-16-12/h7-8,10,13-14H,2-6,9,11H2,1H3. The lowest BCUT2D eigenvalue weighted by Crippen LogP contribution is -2.43. The van der Waals surface area contributed by atoms with Crippen molar-refractivity contribution >= 4 is 0 Å². The zero-order chi connectivity index (χ0) is 11.9. The predicted octanol–water partition coefficient (Wildman–Crippen LogP) is 1.44.